The Bertz CT molecular complexity index is 670. The van der Waals surface area contributed by atoms with E-state index in [-0.39, 0.29) is 6.29 Å². The van der Waals surface area contributed by atoms with Crippen molar-refractivity contribution in [1.82, 2.24) is 10.2 Å². The summed E-state index contributed by atoms with van der Waals surface area (Å²) in [6, 6.07) is 10.1. The zero-order valence-corrected chi connectivity index (χ0v) is 13.8. The van der Waals surface area contributed by atoms with Crippen molar-refractivity contribution in [2.75, 3.05) is 13.2 Å². The zero-order chi connectivity index (χ0) is 16.6. The van der Waals surface area contributed by atoms with Crippen LogP contribution in [0, 0.1) is 11.3 Å². The topological polar surface area (TPSA) is 70.9 Å². The Hall–Kier alpha value is -2.16. The molecule has 5 heteroatoms. The number of unbranched alkanes of at least 4 members (excludes halogenated alkanes) is 1. The lowest BCUT2D eigenvalue weighted by molar-refractivity contribution is -0.162. The van der Waals surface area contributed by atoms with Crippen molar-refractivity contribution in [3.8, 4) is 17.3 Å². The Morgan fingerprint density at radius 2 is 2.25 bits per heavy atom. The van der Waals surface area contributed by atoms with Gasteiger partial charge in [-0.1, -0.05) is 12.1 Å². The van der Waals surface area contributed by atoms with E-state index in [4.69, 9.17) is 9.47 Å². The molecule has 1 aliphatic rings. The van der Waals surface area contributed by atoms with E-state index in [1.165, 1.54) is 12.0 Å². The van der Waals surface area contributed by atoms with E-state index < -0.39 is 0 Å². The molecule has 1 fully saturated rings. The molecule has 1 aliphatic heterocycles. The van der Waals surface area contributed by atoms with Crippen LogP contribution in [0.25, 0.3) is 11.3 Å². The number of aromatic amines is 1. The van der Waals surface area contributed by atoms with Gasteiger partial charge in [0.15, 0.2) is 6.29 Å². The van der Waals surface area contributed by atoms with Gasteiger partial charge in [-0.3, -0.25) is 5.10 Å². The Morgan fingerprint density at radius 3 is 3.00 bits per heavy atom. The van der Waals surface area contributed by atoms with Crippen LogP contribution in [-0.4, -0.2) is 29.7 Å². The summed E-state index contributed by atoms with van der Waals surface area (Å²) in [5, 5.41) is 16.4. The summed E-state index contributed by atoms with van der Waals surface area (Å²) in [6.07, 6.45) is 7.96. The van der Waals surface area contributed by atoms with Gasteiger partial charge >= 0.3 is 0 Å². The van der Waals surface area contributed by atoms with Gasteiger partial charge in [0.25, 0.3) is 0 Å². The SMILES string of the molecule is N#Cc1cccc(CCCCOC2CCCCO2)c1-c1ccn[nH]1. The molecular formula is C19H23N3O2. The monoisotopic (exact) mass is 325 g/mol. The van der Waals surface area contributed by atoms with E-state index >= 15 is 0 Å². The fraction of sp³-hybridized carbons (Fsp3) is 0.474. The van der Waals surface area contributed by atoms with E-state index in [1.54, 1.807) is 6.20 Å². The summed E-state index contributed by atoms with van der Waals surface area (Å²) in [5.41, 5.74) is 3.72. The molecule has 0 bridgehead atoms. The van der Waals surface area contributed by atoms with E-state index in [9.17, 15) is 5.26 Å². The second-order valence-corrected chi connectivity index (χ2v) is 6.05. The predicted octanol–water partition coefficient (Wildman–Crippen LogP) is 3.81. The van der Waals surface area contributed by atoms with Gasteiger partial charge in [0.1, 0.15) is 0 Å². The number of hydrogen-bond donors (Lipinski definition) is 1. The Morgan fingerprint density at radius 1 is 1.29 bits per heavy atom. The van der Waals surface area contributed by atoms with Crippen molar-refractivity contribution in [3.63, 3.8) is 0 Å². The number of benzene rings is 1. The number of rotatable bonds is 7. The Labute approximate surface area is 142 Å². The first-order valence-corrected chi connectivity index (χ1v) is 8.63. The Balaban J connectivity index is 1.54. The quantitative estimate of drug-likeness (QED) is 0.786. The van der Waals surface area contributed by atoms with Crippen LogP contribution in [0.1, 0.15) is 43.2 Å². The maximum atomic E-state index is 9.38. The van der Waals surface area contributed by atoms with Gasteiger partial charge in [-0.25, -0.2) is 0 Å². The summed E-state index contributed by atoms with van der Waals surface area (Å²) in [7, 11) is 0. The number of nitrogens with zero attached hydrogens (tertiary/aromatic N) is 2. The molecule has 1 atom stereocenters. The molecule has 3 rings (SSSR count). The van der Waals surface area contributed by atoms with E-state index in [0.717, 1.165) is 56.6 Å². The van der Waals surface area contributed by atoms with E-state index in [0.29, 0.717) is 5.56 Å². The number of aryl methyl sites for hydroxylation is 1. The molecule has 1 unspecified atom stereocenters. The molecular weight excluding hydrogens is 302 g/mol. The standard InChI is InChI=1S/C19H23N3O2/c20-14-16-8-5-7-15(19(16)17-10-11-21-22-17)6-1-3-12-23-18-9-2-4-13-24-18/h5,7-8,10-11,18H,1-4,6,9,12-13H2,(H,21,22). The van der Waals surface area contributed by atoms with Crippen molar-refractivity contribution in [2.24, 2.45) is 0 Å². The number of hydrogen-bond acceptors (Lipinski definition) is 4. The lowest BCUT2D eigenvalue weighted by atomic mass is 9.95. The molecule has 1 saturated heterocycles. The number of nitriles is 1. The average molecular weight is 325 g/mol. The van der Waals surface area contributed by atoms with Crippen molar-refractivity contribution >= 4 is 0 Å². The summed E-state index contributed by atoms with van der Waals surface area (Å²) in [5.74, 6) is 0. The molecule has 0 amide bonds. The predicted molar refractivity (Wildman–Crippen MR) is 91.2 cm³/mol. The first-order valence-electron chi connectivity index (χ1n) is 8.63. The first kappa shape index (κ1) is 16.7. The van der Waals surface area contributed by atoms with Gasteiger partial charge in [-0.05, 0) is 56.2 Å². The number of nitrogens with one attached hydrogen (secondary N) is 1. The highest BCUT2D eigenvalue weighted by Crippen LogP contribution is 2.27. The van der Waals surface area contributed by atoms with Gasteiger partial charge < -0.3 is 9.47 Å². The molecule has 5 nitrogen and oxygen atoms in total. The third kappa shape index (κ3) is 4.22. The second kappa shape index (κ2) is 8.62. The van der Waals surface area contributed by atoms with Gasteiger partial charge in [-0.2, -0.15) is 10.4 Å². The molecule has 0 radical (unpaired) electrons. The van der Waals surface area contributed by atoms with Crippen molar-refractivity contribution in [2.45, 2.75) is 44.8 Å². The summed E-state index contributed by atoms with van der Waals surface area (Å²) < 4.78 is 11.3. The number of H-pyrrole nitrogens is 1. The van der Waals surface area contributed by atoms with Crippen molar-refractivity contribution in [1.29, 1.82) is 5.26 Å². The molecule has 0 spiro atoms. The van der Waals surface area contributed by atoms with Crippen LogP contribution in [0.3, 0.4) is 0 Å². The average Bonchev–Trinajstić information content (AvgIpc) is 3.16. The molecule has 2 aromatic rings. The molecule has 24 heavy (non-hydrogen) atoms. The second-order valence-electron chi connectivity index (χ2n) is 6.05. The molecule has 2 heterocycles. The third-order valence-corrected chi connectivity index (χ3v) is 4.32. The molecule has 0 saturated carbocycles. The first-order chi connectivity index (χ1) is 11.9. The van der Waals surface area contributed by atoms with Gasteiger partial charge in [0, 0.05) is 25.0 Å². The number of aromatic nitrogens is 2. The highest BCUT2D eigenvalue weighted by molar-refractivity contribution is 5.70. The highest BCUT2D eigenvalue weighted by Gasteiger charge is 2.14. The van der Waals surface area contributed by atoms with Crippen LogP contribution >= 0.6 is 0 Å². The fourth-order valence-electron chi connectivity index (χ4n) is 3.09. The van der Waals surface area contributed by atoms with Crippen molar-refractivity contribution in [3.05, 3.63) is 41.6 Å². The number of ether oxygens (including phenoxy) is 2. The van der Waals surface area contributed by atoms with Crippen LogP contribution in [-0.2, 0) is 15.9 Å². The third-order valence-electron chi connectivity index (χ3n) is 4.32. The van der Waals surface area contributed by atoms with Crippen LogP contribution in [0.2, 0.25) is 0 Å². The lowest BCUT2D eigenvalue weighted by Gasteiger charge is -2.22. The normalized spacial score (nSPS) is 17.5. The molecule has 1 aromatic carbocycles. The van der Waals surface area contributed by atoms with Crippen LogP contribution in [0.15, 0.2) is 30.5 Å². The highest BCUT2D eigenvalue weighted by atomic mass is 16.7. The van der Waals surface area contributed by atoms with Crippen molar-refractivity contribution < 1.29 is 9.47 Å². The lowest BCUT2D eigenvalue weighted by Crippen LogP contribution is -2.22. The van der Waals surface area contributed by atoms with Gasteiger partial charge in [-0.15, -0.1) is 0 Å². The largest absolute Gasteiger partial charge is 0.353 e. The Kier molecular flexibility index (Phi) is 6.00. The maximum absolute atomic E-state index is 9.38. The summed E-state index contributed by atoms with van der Waals surface area (Å²) in [4.78, 5) is 0. The summed E-state index contributed by atoms with van der Waals surface area (Å²) in [6.45, 7) is 1.54. The molecule has 1 aromatic heterocycles. The smallest absolute Gasteiger partial charge is 0.157 e. The minimum Gasteiger partial charge on any atom is -0.353 e. The van der Waals surface area contributed by atoms with Gasteiger partial charge in [0.05, 0.1) is 17.3 Å². The molecule has 1 N–H and O–H groups in total. The summed E-state index contributed by atoms with van der Waals surface area (Å²) >= 11 is 0. The minimum atomic E-state index is -0.0128. The van der Waals surface area contributed by atoms with Crippen LogP contribution < -0.4 is 0 Å². The van der Waals surface area contributed by atoms with E-state index in [2.05, 4.69) is 22.3 Å². The maximum Gasteiger partial charge on any atom is 0.157 e. The van der Waals surface area contributed by atoms with Gasteiger partial charge in [0.2, 0.25) is 0 Å². The fourth-order valence-corrected chi connectivity index (χ4v) is 3.09. The minimum absolute atomic E-state index is 0.0128. The molecule has 126 valence electrons. The van der Waals surface area contributed by atoms with Crippen LogP contribution in [0.5, 0.6) is 0 Å². The molecule has 0 aliphatic carbocycles. The van der Waals surface area contributed by atoms with Crippen LogP contribution in [0.4, 0.5) is 0 Å². The zero-order valence-electron chi connectivity index (χ0n) is 13.8. The van der Waals surface area contributed by atoms with E-state index in [1.807, 2.05) is 18.2 Å².